The molecule has 0 aromatic heterocycles. The van der Waals surface area contributed by atoms with E-state index >= 15 is 0 Å². The fourth-order valence-corrected chi connectivity index (χ4v) is 5.93. The summed E-state index contributed by atoms with van der Waals surface area (Å²) >= 11 is 0. The first-order chi connectivity index (χ1) is 22.3. The van der Waals surface area contributed by atoms with E-state index < -0.39 is 63.7 Å². The molecule has 0 bridgehead atoms. The Hall–Kier alpha value is -4.79. The number of nitrogens with one attached hydrogen (secondary N) is 4. The molecule has 0 aliphatic heterocycles. The number of ether oxygens (including phenoxy) is 1. The average molecular weight is 667 g/mol. The van der Waals surface area contributed by atoms with Crippen molar-refractivity contribution in [3.8, 4) is 11.1 Å². The summed E-state index contributed by atoms with van der Waals surface area (Å²) < 4.78 is 38.5. The number of alkyl carbamates (subject to hydrolysis) is 1. The van der Waals surface area contributed by atoms with Crippen molar-refractivity contribution in [1.29, 1.82) is 0 Å². The number of carbonyl (C=O) groups is 4. The van der Waals surface area contributed by atoms with Crippen LogP contribution in [0.15, 0.2) is 72.8 Å². The van der Waals surface area contributed by atoms with E-state index in [-0.39, 0.29) is 19.1 Å². The highest BCUT2D eigenvalue weighted by atomic mass is 32.2. The maximum absolute atomic E-state index is 13.2. The molecule has 3 aromatic carbocycles. The number of fused-ring (bicyclic) bond motifs is 3. The van der Waals surface area contributed by atoms with Gasteiger partial charge in [0.1, 0.15) is 30.5 Å². The zero-order valence-electron chi connectivity index (χ0n) is 26.1. The SMILES string of the molecule is CC(C)[C@H](NC(=O)[C@H](CS(=O)(=O)O)NC(=O)OCC1c2ccccc2-c2ccccc21)C(=O)N[C@@H](C)C(=O)Nc1ccc(CO)cc1. The van der Waals surface area contributed by atoms with Crippen LogP contribution in [0.3, 0.4) is 0 Å². The van der Waals surface area contributed by atoms with Crippen molar-refractivity contribution in [2.24, 2.45) is 5.92 Å². The second-order valence-electron chi connectivity index (χ2n) is 11.6. The molecule has 4 rings (SSSR count). The van der Waals surface area contributed by atoms with Gasteiger partial charge in [0, 0.05) is 11.6 Å². The maximum Gasteiger partial charge on any atom is 0.407 e. The van der Waals surface area contributed by atoms with Crippen LogP contribution >= 0.6 is 0 Å². The summed E-state index contributed by atoms with van der Waals surface area (Å²) in [6.45, 7) is 4.41. The first kappa shape index (κ1) is 35.1. The van der Waals surface area contributed by atoms with Gasteiger partial charge in [-0.3, -0.25) is 18.9 Å². The van der Waals surface area contributed by atoms with Gasteiger partial charge in [-0.2, -0.15) is 8.42 Å². The van der Waals surface area contributed by atoms with E-state index in [9.17, 15) is 37.3 Å². The summed E-state index contributed by atoms with van der Waals surface area (Å²) in [5.41, 5.74) is 4.99. The molecular weight excluding hydrogens is 628 g/mol. The molecule has 0 fully saturated rings. The molecule has 0 heterocycles. The highest BCUT2D eigenvalue weighted by molar-refractivity contribution is 7.85. The fourth-order valence-electron chi connectivity index (χ4n) is 5.28. The molecule has 0 saturated carbocycles. The van der Waals surface area contributed by atoms with Gasteiger partial charge in [-0.05, 0) is 52.8 Å². The van der Waals surface area contributed by atoms with Crippen molar-refractivity contribution in [3.63, 3.8) is 0 Å². The van der Waals surface area contributed by atoms with Crippen LogP contribution in [0.25, 0.3) is 11.1 Å². The Balaban J connectivity index is 1.39. The van der Waals surface area contributed by atoms with Crippen LogP contribution in [0.5, 0.6) is 0 Å². The molecule has 3 aromatic rings. The van der Waals surface area contributed by atoms with Gasteiger partial charge in [0.2, 0.25) is 17.7 Å². The van der Waals surface area contributed by atoms with Crippen LogP contribution < -0.4 is 21.3 Å². The van der Waals surface area contributed by atoms with Gasteiger partial charge in [0.05, 0.1) is 6.61 Å². The number of aliphatic hydroxyl groups excluding tert-OH is 1. The molecule has 47 heavy (non-hydrogen) atoms. The largest absolute Gasteiger partial charge is 0.449 e. The Morgan fingerprint density at radius 2 is 1.36 bits per heavy atom. The van der Waals surface area contributed by atoms with Gasteiger partial charge in [-0.1, -0.05) is 74.5 Å². The Labute approximate surface area is 272 Å². The highest BCUT2D eigenvalue weighted by Gasteiger charge is 2.34. The number of aliphatic hydroxyl groups is 1. The van der Waals surface area contributed by atoms with Crippen molar-refractivity contribution < 1.29 is 42.0 Å². The minimum Gasteiger partial charge on any atom is -0.449 e. The minimum absolute atomic E-state index is 0.109. The van der Waals surface area contributed by atoms with Crippen molar-refractivity contribution in [3.05, 3.63) is 89.5 Å². The number of rotatable bonds is 13. The lowest BCUT2D eigenvalue weighted by molar-refractivity contribution is -0.132. The second-order valence-corrected chi connectivity index (χ2v) is 13.1. The van der Waals surface area contributed by atoms with Gasteiger partial charge >= 0.3 is 6.09 Å². The Kier molecular flexibility index (Phi) is 11.3. The third kappa shape index (κ3) is 9.15. The lowest BCUT2D eigenvalue weighted by Gasteiger charge is -2.26. The molecule has 14 heteroatoms. The van der Waals surface area contributed by atoms with Crippen LogP contribution in [0.4, 0.5) is 10.5 Å². The van der Waals surface area contributed by atoms with Crippen LogP contribution in [-0.2, 0) is 35.8 Å². The minimum atomic E-state index is -4.76. The number of benzene rings is 3. The molecule has 250 valence electrons. The summed E-state index contributed by atoms with van der Waals surface area (Å²) in [7, 11) is -4.76. The Bertz CT molecular complexity index is 1680. The van der Waals surface area contributed by atoms with E-state index in [1.807, 2.05) is 48.5 Å². The Morgan fingerprint density at radius 3 is 1.89 bits per heavy atom. The van der Waals surface area contributed by atoms with Crippen LogP contribution in [-0.4, -0.2) is 72.4 Å². The number of hydrogen-bond donors (Lipinski definition) is 6. The Morgan fingerprint density at radius 1 is 0.787 bits per heavy atom. The van der Waals surface area contributed by atoms with Crippen molar-refractivity contribution in [1.82, 2.24) is 16.0 Å². The monoisotopic (exact) mass is 666 g/mol. The average Bonchev–Trinajstić information content (AvgIpc) is 3.35. The summed E-state index contributed by atoms with van der Waals surface area (Å²) in [5, 5.41) is 19.0. The number of hydrogen-bond acceptors (Lipinski definition) is 8. The predicted molar refractivity (Wildman–Crippen MR) is 174 cm³/mol. The molecule has 0 unspecified atom stereocenters. The second kappa shape index (κ2) is 15.2. The van der Waals surface area contributed by atoms with E-state index in [4.69, 9.17) is 4.74 Å². The maximum atomic E-state index is 13.2. The number of carbonyl (C=O) groups excluding carboxylic acids is 4. The van der Waals surface area contributed by atoms with E-state index in [2.05, 4.69) is 21.3 Å². The highest BCUT2D eigenvalue weighted by Crippen LogP contribution is 2.44. The molecule has 0 spiro atoms. The quantitative estimate of drug-likeness (QED) is 0.148. The molecule has 1 aliphatic carbocycles. The topological polar surface area (TPSA) is 200 Å². The molecule has 0 radical (unpaired) electrons. The van der Waals surface area contributed by atoms with Gasteiger partial charge < -0.3 is 31.1 Å². The van der Waals surface area contributed by atoms with Gasteiger partial charge in [-0.15, -0.1) is 0 Å². The molecular formula is C33H38N4O9S. The third-order valence-corrected chi connectivity index (χ3v) is 8.49. The zero-order chi connectivity index (χ0) is 34.3. The number of amides is 4. The van der Waals surface area contributed by atoms with E-state index in [0.717, 1.165) is 22.3 Å². The number of anilines is 1. The zero-order valence-corrected chi connectivity index (χ0v) is 26.9. The first-order valence-electron chi connectivity index (χ1n) is 15.0. The van der Waals surface area contributed by atoms with E-state index in [1.165, 1.54) is 6.92 Å². The molecule has 6 N–H and O–H groups in total. The fraction of sp³-hybridized carbons (Fsp3) is 0.333. The van der Waals surface area contributed by atoms with E-state index in [1.54, 1.807) is 38.1 Å². The molecule has 4 amide bonds. The standard InChI is InChI=1S/C33H38N4O9S/c1-19(2)29(32(41)34-20(3)30(39)35-22-14-12-21(16-38)13-15-22)37-31(40)28(18-47(43,44)45)36-33(42)46-17-27-25-10-6-4-8-23(25)24-9-5-7-11-26(24)27/h4-15,19-20,27-29,38H,16-18H2,1-3H3,(H,34,41)(H,35,39)(H,36,42)(H,37,40)(H,43,44,45)/t20-,28-,29-/m0/s1. The first-order valence-corrected chi connectivity index (χ1v) is 16.6. The van der Waals surface area contributed by atoms with Crippen molar-refractivity contribution >= 4 is 39.6 Å². The van der Waals surface area contributed by atoms with Gasteiger partial charge in [0.15, 0.2) is 0 Å². The van der Waals surface area contributed by atoms with Crippen LogP contribution in [0, 0.1) is 5.92 Å². The molecule has 13 nitrogen and oxygen atoms in total. The van der Waals surface area contributed by atoms with Gasteiger partial charge in [0.25, 0.3) is 10.1 Å². The lowest BCUT2D eigenvalue weighted by atomic mass is 9.98. The summed E-state index contributed by atoms with van der Waals surface area (Å²) in [4.78, 5) is 51.9. The van der Waals surface area contributed by atoms with E-state index in [0.29, 0.717) is 11.3 Å². The molecule has 3 atom stereocenters. The predicted octanol–water partition coefficient (Wildman–Crippen LogP) is 2.56. The molecule has 0 saturated heterocycles. The van der Waals surface area contributed by atoms with Crippen molar-refractivity contribution in [2.75, 3.05) is 17.7 Å². The van der Waals surface area contributed by atoms with Crippen LogP contribution in [0.2, 0.25) is 0 Å². The van der Waals surface area contributed by atoms with Crippen molar-refractivity contribution in [2.45, 2.75) is 51.4 Å². The summed E-state index contributed by atoms with van der Waals surface area (Å²) in [6.07, 6.45) is -1.10. The summed E-state index contributed by atoms with van der Waals surface area (Å²) in [6, 6.07) is 17.7. The summed E-state index contributed by atoms with van der Waals surface area (Å²) in [5.74, 6) is -4.35. The van der Waals surface area contributed by atoms with Gasteiger partial charge in [-0.25, -0.2) is 4.79 Å². The molecule has 1 aliphatic rings. The van der Waals surface area contributed by atoms with Crippen LogP contribution in [0.1, 0.15) is 43.4 Å². The smallest absolute Gasteiger partial charge is 0.407 e. The third-order valence-electron chi connectivity index (χ3n) is 7.73. The normalized spacial score (nSPS) is 14.3. The lowest BCUT2D eigenvalue weighted by Crippen LogP contribution is -2.58.